The van der Waals surface area contributed by atoms with Gasteiger partial charge in [-0.25, -0.2) is 0 Å². The van der Waals surface area contributed by atoms with Crippen LogP contribution in [-0.4, -0.2) is 35.1 Å². The highest BCUT2D eigenvalue weighted by Gasteiger charge is 2.30. The normalized spacial score (nSPS) is 11.7. The number of carbonyl (C=O) groups excluding carboxylic acids is 2. The Kier molecular flexibility index (Phi) is 11.2. The molecule has 0 aliphatic carbocycles. The first-order chi connectivity index (χ1) is 17.4. The molecule has 36 heavy (non-hydrogen) atoms. The summed E-state index contributed by atoms with van der Waals surface area (Å²) in [6.45, 7) is 4.83. The molecule has 190 valence electrons. The van der Waals surface area contributed by atoms with Gasteiger partial charge in [0, 0.05) is 46.6 Å². The number of aryl methyl sites for hydroxylation is 1. The number of thioether (sulfide) groups is 1. The second kappa shape index (κ2) is 14.3. The minimum atomic E-state index is -0.664. The van der Waals surface area contributed by atoms with E-state index in [2.05, 4.69) is 29.6 Å². The molecule has 0 fully saturated rings. The molecule has 0 aromatic heterocycles. The molecule has 1 atom stereocenters. The van der Waals surface area contributed by atoms with E-state index in [1.165, 1.54) is 5.56 Å². The van der Waals surface area contributed by atoms with Crippen molar-refractivity contribution in [3.8, 4) is 0 Å². The minimum absolute atomic E-state index is 0.0896. The Hall–Kier alpha value is -2.47. The van der Waals surface area contributed by atoms with Gasteiger partial charge in [0.05, 0.1) is 0 Å². The van der Waals surface area contributed by atoms with Crippen LogP contribution in [-0.2, 0) is 22.6 Å². The van der Waals surface area contributed by atoms with Crippen LogP contribution in [0, 0.1) is 6.92 Å². The average molecular weight is 544 g/mol. The van der Waals surface area contributed by atoms with E-state index in [0.717, 1.165) is 22.4 Å². The Morgan fingerprint density at radius 3 is 2.39 bits per heavy atom. The SMILES string of the molecule is CCCNC(=O)C(Cc1ccccc1)N(Cc1ccc(Cl)cc1Cl)C(=O)CCSc1ccc(C)cc1. The first-order valence-corrected chi connectivity index (χ1v) is 13.9. The average Bonchev–Trinajstić information content (AvgIpc) is 2.87. The number of nitrogens with one attached hydrogen (secondary N) is 1. The summed E-state index contributed by atoms with van der Waals surface area (Å²) in [7, 11) is 0. The van der Waals surface area contributed by atoms with Gasteiger partial charge in [-0.3, -0.25) is 9.59 Å². The number of amides is 2. The van der Waals surface area contributed by atoms with Gasteiger partial charge in [-0.05, 0) is 48.7 Å². The van der Waals surface area contributed by atoms with Crippen LogP contribution in [0.2, 0.25) is 10.0 Å². The van der Waals surface area contributed by atoms with E-state index in [0.29, 0.717) is 35.2 Å². The summed E-state index contributed by atoms with van der Waals surface area (Å²) in [6, 6.07) is 22.6. The number of carbonyl (C=O) groups is 2. The largest absolute Gasteiger partial charge is 0.354 e. The van der Waals surface area contributed by atoms with Gasteiger partial charge in [-0.2, -0.15) is 0 Å². The van der Waals surface area contributed by atoms with Crippen molar-refractivity contribution in [2.75, 3.05) is 12.3 Å². The van der Waals surface area contributed by atoms with Gasteiger partial charge in [0.15, 0.2) is 0 Å². The zero-order chi connectivity index (χ0) is 25.9. The van der Waals surface area contributed by atoms with Gasteiger partial charge in [-0.15, -0.1) is 11.8 Å². The lowest BCUT2D eigenvalue weighted by atomic mass is 10.0. The zero-order valence-corrected chi connectivity index (χ0v) is 23.0. The minimum Gasteiger partial charge on any atom is -0.354 e. The number of rotatable bonds is 12. The molecule has 1 unspecified atom stereocenters. The van der Waals surface area contributed by atoms with Crippen LogP contribution in [0.4, 0.5) is 0 Å². The third kappa shape index (κ3) is 8.58. The number of nitrogens with zero attached hydrogens (tertiary/aromatic N) is 1. The molecule has 2 amide bonds. The van der Waals surface area contributed by atoms with Crippen molar-refractivity contribution < 1.29 is 9.59 Å². The van der Waals surface area contributed by atoms with E-state index in [9.17, 15) is 9.59 Å². The van der Waals surface area contributed by atoms with Crippen molar-refractivity contribution in [3.63, 3.8) is 0 Å². The molecule has 3 rings (SSSR count). The maximum Gasteiger partial charge on any atom is 0.243 e. The molecular weight excluding hydrogens is 511 g/mol. The van der Waals surface area contributed by atoms with Crippen molar-refractivity contribution >= 4 is 46.8 Å². The van der Waals surface area contributed by atoms with Gasteiger partial charge >= 0.3 is 0 Å². The Bertz CT molecular complexity index is 1140. The fourth-order valence-electron chi connectivity index (χ4n) is 3.79. The number of halogens is 2. The summed E-state index contributed by atoms with van der Waals surface area (Å²) in [5.41, 5.74) is 2.94. The molecule has 0 saturated heterocycles. The predicted octanol–water partition coefficient (Wildman–Crippen LogP) is 6.95. The van der Waals surface area contributed by atoms with Crippen molar-refractivity contribution in [1.29, 1.82) is 0 Å². The summed E-state index contributed by atoms with van der Waals surface area (Å²) < 4.78 is 0. The maximum absolute atomic E-state index is 13.6. The Labute approximate surface area is 228 Å². The fourth-order valence-corrected chi connectivity index (χ4v) is 5.10. The van der Waals surface area contributed by atoms with E-state index < -0.39 is 6.04 Å². The molecular formula is C29H32Cl2N2O2S. The van der Waals surface area contributed by atoms with Crippen LogP contribution >= 0.6 is 35.0 Å². The van der Waals surface area contributed by atoms with E-state index in [1.807, 2.05) is 50.2 Å². The van der Waals surface area contributed by atoms with Gasteiger partial charge in [0.1, 0.15) is 6.04 Å². The van der Waals surface area contributed by atoms with Crippen LogP contribution in [0.3, 0.4) is 0 Å². The van der Waals surface area contributed by atoms with Crippen LogP contribution in [0.1, 0.15) is 36.5 Å². The van der Waals surface area contributed by atoms with Crippen LogP contribution < -0.4 is 5.32 Å². The molecule has 0 spiro atoms. The summed E-state index contributed by atoms with van der Waals surface area (Å²) in [5, 5.41) is 3.99. The summed E-state index contributed by atoms with van der Waals surface area (Å²) in [4.78, 5) is 29.8. The predicted molar refractivity (Wildman–Crippen MR) is 151 cm³/mol. The lowest BCUT2D eigenvalue weighted by molar-refractivity contribution is -0.141. The first-order valence-electron chi connectivity index (χ1n) is 12.1. The van der Waals surface area contributed by atoms with Crippen LogP contribution in [0.25, 0.3) is 0 Å². The Morgan fingerprint density at radius 2 is 1.72 bits per heavy atom. The molecule has 0 aliphatic heterocycles. The third-order valence-corrected chi connectivity index (χ3v) is 7.38. The molecule has 3 aromatic carbocycles. The number of hydrogen-bond acceptors (Lipinski definition) is 3. The first kappa shape index (κ1) is 28.1. The van der Waals surface area contributed by atoms with Gasteiger partial charge in [0.25, 0.3) is 0 Å². The highest BCUT2D eigenvalue weighted by molar-refractivity contribution is 7.99. The fraction of sp³-hybridized carbons (Fsp3) is 0.310. The third-order valence-electron chi connectivity index (χ3n) is 5.78. The van der Waals surface area contributed by atoms with Crippen LogP contribution in [0.15, 0.2) is 77.7 Å². The summed E-state index contributed by atoms with van der Waals surface area (Å²) >= 11 is 14.2. The topological polar surface area (TPSA) is 49.4 Å². The van der Waals surface area contributed by atoms with E-state index in [1.54, 1.807) is 28.8 Å². The zero-order valence-electron chi connectivity index (χ0n) is 20.7. The van der Waals surface area contributed by atoms with Gasteiger partial charge in [0.2, 0.25) is 11.8 Å². The molecule has 4 nitrogen and oxygen atoms in total. The smallest absolute Gasteiger partial charge is 0.243 e. The van der Waals surface area contributed by atoms with Crippen molar-refractivity contribution in [2.24, 2.45) is 0 Å². The van der Waals surface area contributed by atoms with Crippen molar-refractivity contribution in [1.82, 2.24) is 10.2 Å². The molecule has 0 radical (unpaired) electrons. The molecule has 0 bridgehead atoms. The molecule has 7 heteroatoms. The van der Waals surface area contributed by atoms with Crippen LogP contribution in [0.5, 0.6) is 0 Å². The quantitative estimate of drug-likeness (QED) is 0.252. The Balaban J connectivity index is 1.85. The monoisotopic (exact) mass is 542 g/mol. The second-order valence-electron chi connectivity index (χ2n) is 8.67. The summed E-state index contributed by atoms with van der Waals surface area (Å²) in [6.07, 6.45) is 1.53. The van der Waals surface area contributed by atoms with Gasteiger partial charge < -0.3 is 10.2 Å². The molecule has 0 heterocycles. The maximum atomic E-state index is 13.6. The number of benzene rings is 3. The molecule has 3 aromatic rings. The van der Waals surface area contributed by atoms with Crippen molar-refractivity contribution in [3.05, 3.63) is 99.5 Å². The second-order valence-corrected chi connectivity index (χ2v) is 10.7. The van der Waals surface area contributed by atoms with E-state index in [4.69, 9.17) is 23.2 Å². The van der Waals surface area contributed by atoms with E-state index in [-0.39, 0.29) is 18.4 Å². The molecule has 1 N–H and O–H groups in total. The van der Waals surface area contributed by atoms with Gasteiger partial charge in [-0.1, -0.05) is 84.2 Å². The lowest BCUT2D eigenvalue weighted by Crippen LogP contribution is -2.50. The highest BCUT2D eigenvalue weighted by atomic mass is 35.5. The van der Waals surface area contributed by atoms with E-state index >= 15 is 0 Å². The molecule has 0 saturated carbocycles. The lowest BCUT2D eigenvalue weighted by Gasteiger charge is -2.32. The standard InChI is InChI=1S/C29H32Cl2N2O2S/c1-3-16-32-29(35)27(18-22-7-5-4-6-8-22)33(20-23-11-12-24(30)19-26(23)31)28(34)15-17-36-25-13-9-21(2)10-14-25/h4-14,19,27H,3,15-18,20H2,1-2H3,(H,32,35). The van der Waals surface area contributed by atoms with Crippen molar-refractivity contribution in [2.45, 2.75) is 50.6 Å². The molecule has 0 aliphatic rings. The summed E-state index contributed by atoms with van der Waals surface area (Å²) in [5.74, 6) is 0.361. The number of hydrogen-bond donors (Lipinski definition) is 1. The Morgan fingerprint density at radius 1 is 1.00 bits per heavy atom. The highest BCUT2D eigenvalue weighted by Crippen LogP contribution is 2.25.